The molecular weight excluding hydrogens is 368 g/mol. The minimum absolute atomic E-state index is 0.0435. The van der Waals surface area contributed by atoms with Crippen LogP contribution in [0, 0.1) is 11.8 Å². The lowest BCUT2D eigenvalue weighted by Gasteiger charge is -2.24. The third-order valence-electron chi connectivity index (χ3n) is 6.02. The van der Waals surface area contributed by atoms with Gasteiger partial charge in [-0.25, -0.2) is 9.97 Å². The van der Waals surface area contributed by atoms with Crippen LogP contribution < -0.4 is 10.1 Å². The number of amides is 1. The highest BCUT2D eigenvalue weighted by molar-refractivity contribution is 5.81. The van der Waals surface area contributed by atoms with E-state index >= 15 is 0 Å². The number of nitrogens with zero attached hydrogens (tertiary/aromatic N) is 3. The molecule has 0 aliphatic heterocycles. The number of carbonyl (C=O) groups is 1. The molecule has 1 heterocycles. The standard InChI is InChI=1S/C22H28N4O3/c1-13-8-15(10-18(13)27)29-20-11-19(23-12-24-20)25-21-16-7-5-4-6-14(16)9-17(21)22(28)26(2)3/h4-7,11-13,15,17-18,21,27H,8-10H2,1-3H3,(H,23,24,25)/t13-,15+,17-,18+,21+/m1/s1. The zero-order valence-electron chi connectivity index (χ0n) is 17.1. The van der Waals surface area contributed by atoms with Crippen LogP contribution in [0.3, 0.4) is 0 Å². The third kappa shape index (κ3) is 4.05. The molecular formula is C22H28N4O3. The molecule has 5 atom stereocenters. The molecule has 29 heavy (non-hydrogen) atoms. The average Bonchev–Trinajstić information content (AvgIpc) is 3.21. The summed E-state index contributed by atoms with van der Waals surface area (Å²) in [6.07, 6.45) is 3.23. The Labute approximate surface area is 171 Å². The second-order valence-electron chi connectivity index (χ2n) is 8.36. The van der Waals surface area contributed by atoms with Crippen LogP contribution in [-0.2, 0) is 11.2 Å². The number of rotatable bonds is 5. The number of aliphatic hydroxyl groups is 1. The van der Waals surface area contributed by atoms with Crippen molar-refractivity contribution in [2.45, 2.75) is 44.4 Å². The molecule has 2 aliphatic rings. The molecule has 2 N–H and O–H groups in total. The van der Waals surface area contributed by atoms with Gasteiger partial charge in [-0.05, 0) is 29.9 Å². The van der Waals surface area contributed by atoms with Gasteiger partial charge in [-0.1, -0.05) is 31.2 Å². The van der Waals surface area contributed by atoms with Crippen molar-refractivity contribution in [2.24, 2.45) is 11.8 Å². The number of fused-ring (bicyclic) bond motifs is 1. The van der Waals surface area contributed by atoms with E-state index in [0.29, 0.717) is 24.5 Å². The van der Waals surface area contributed by atoms with E-state index in [9.17, 15) is 9.90 Å². The Hall–Kier alpha value is -2.67. The van der Waals surface area contributed by atoms with Crippen molar-refractivity contribution >= 4 is 11.7 Å². The smallest absolute Gasteiger partial charge is 0.227 e. The van der Waals surface area contributed by atoms with Gasteiger partial charge in [0, 0.05) is 26.6 Å². The fraction of sp³-hybridized carbons (Fsp3) is 0.500. The number of nitrogens with one attached hydrogen (secondary N) is 1. The number of hydrogen-bond donors (Lipinski definition) is 2. The van der Waals surface area contributed by atoms with Crippen LogP contribution in [0.25, 0.3) is 0 Å². The predicted molar refractivity (Wildman–Crippen MR) is 110 cm³/mol. The molecule has 154 valence electrons. The summed E-state index contributed by atoms with van der Waals surface area (Å²) in [5.41, 5.74) is 2.31. The van der Waals surface area contributed by atoms with Gasteiger partial charge >= 0.3 is 0 Å². The van der Waals surface area contributed by atoms with Gasteiger partial charge in [0.25, 0.3) is 0 Å². The van der Waals surface area contributed by atoms with Gasteiger partial charge in [0.05, 0.1) is 18.1 Å². The first-order chi connectivity index (χ1) is 13.9. The van der Waals surface area contributed by atoms with Crippen LogP contribution >= 0.6 is 0 Å². The number of aliphatic hydroxyl groups excluding tert-OH is 1. The first-order valence-corrected chi connectivity index (χ1v) is 10.1. The molecule has 7 heteroatoms. The van der Waals surface area contributed by atoms with Gasteiger partial charge in [0.1, 0.15) is 18.2 Å². The Kier molecular flexibility index (Phi) is 5.41. The van der Waals surface area contributed by atoms with Crippen molar-refractivity contribution in [3.63, 3.8) is 0 Å². The molecule has 1 aromatic carbocycles. The molecule has 1 aromatic heterocycles. The monoisotopic (exact) mass is 396 g/mol. The highest BCUT2D eigenvalue weighted by Gasteiger charge is 2.38. The summed E-state index contributed by atoms with van der Waals surface area (Å²) in [5, 5.41) is 13.4. The van der Waals surface area contributed by atoms with E-state index in [0.717, 1.165) is 12.0 Å². The summed E-state index contributed by atoms with van der Waals surface area (Å²) in [6, 6.07) is 9.76. The minimum atomic E-state index is -0.327. The number of hydrogen-bond acceptors (Lipinski definition) is 6. The van der Waals surface area contributed by atoms with E-state index < -0.39 is 0 Å². The highest BCUT2D eigenvalue weighted by atomic mass is 16.5. The topological polar surface area (TPSA) is 87.6 Å². The number of anilines is 1. The second-order valence-corrected chi connectivity index (χ2v) is 8.36. The van der Waals surface area contributed by atoms with Gasteiger partial charge in [-0.15, -0.1) is 0 Å². The average molecular weight is 396 g/mol. The van der Waals surface area contributed by atoms with E-state index in [2.05, 4.69) is 27.4 Å². The van der Waals surface area contributed by atoms with Crippen molar-refractivity contribution in [1.82, 2.24) is 14.9 Å². The Bertz CT molecular complexity index is 878. The predicted octanol–water partition coefficient (Wildman–Crippen LogP) is 2.43. The lowest BCUT2D eigenvalue weighted by molar-refractivity contribution is -0.133. The maximum absolute atomic E-state index is 12.8. The number of carbonyl (C=O) groups excluding carboxylic acids is 1. The van der Waals surface area contributed by atoms with Gasteiger partial charge in [-0.3, -0.25) is 4.79 Å². The number of aromatic nitrogens is 2. The SMILES string of the molecule is C[C@@H]1C[C@H](Oc2cc(N[C@H]3c4ccccc4C[C@H]3C(=O)N(C)C)ncn2)C[C@@H]1O. The maximum Gasteiger partial charge on any atom is 0.227 e. The fourth-order valence-corrected chi connectivity index (χ4v) is 4.41. The molecule has 2 aliphatic carbocycles. The van der Waals surface area contributed by atoms with Gasteiger partial charge in [-0.2, -0.15) is 0 Å². The molecule has 0 radical (unpaired) electrons. The highest BCUT2D eigenvalue weighted by Crippen LogP contribution is 2.39. The molecule has 4 rings (SSSR count). The summed E-state index contributed by atoms with van der Waals surface area (Å²) in [6.45, 7) is 2.03. The molecule has 0 saturated heterocycles. The van der Waals surface area contributed by atoms with Crippen LogP contribution in [-0.4, -0.2) is 52.2 Å². The Morgan fingerprint density at radius 2 is 2.03 bits per heavy atom. The lowest BCUT2D eigenvalue weighted by Crippen LogP contribution is -2.34. The van der Waals surface area contributed by atoms with E-state index in [-0.39, 0.29) is 36.0 Å². The van der Waals surface area contributed by atoms with E-state index in [1.165, 1.54) is 11.9 Å². The number of benzene rings is 1. The maximum atomic E-state index is 12.8. The van der Waals surface area contributed by atoms with Crippen LogP contribution in [0.2, 0.25) is 0 Å². The van der Waals surface area contributed by atoms with Crippen molar-refractivity contribution in [3.05, 3.63) is 47.8 Å². The largest absolute Gasteiger partial charge is 0.474 e. The van der Waals surface area contributed by atoms with Crippen molar-refractivity contribution in [2.75, 3.05) is 19.4 Å². The molecule has 0 spiro atoms. The van der Waals surface area contributed by atoms with E-state index in [4.69, 9.17) is 4.74 Å². The lowest BCUT2D eigenvalue weighted by atomic mass is 9.99. The molecule has 0 bridgehead atoms. The normalized spacial score (nSPS) is 28.1. The molecule has 1 amide bonds. The van der Waals surface area contributed by atoms with Crippen LogP contribution in [0.5, 0.6) is 5.88 Å². The van der Waals surface area contributed by atoms with Crippen molar-refractivity contribution < 1.29 is 14.6 Å². The van der Waals surface area contributed by atoms with Crippen molar-refractivity contribution in [3.8, 4) is 5.88 Å². The second kappa shape index (κ2) is 7.99. The van der Waals surface area contributed by atoms with Gasteiger partial charge in [0.2, 0.25) is 11.8 Å². The Balaban J connectivity index is 1.53. The van der Waals surface area contributed by atoms with Crippen molar-refractivity contribution in [1.29, 1.82) is 0 Å². The third-order valence-corrected chi connectivity index (χ3v) is 6.02. The fourth-order valence-electron chi connectivity index (χ4n) is 4.41. The minimum Gasteiger partial charge on any atom is -0.474 e. The summed E-state index contributed by atoms with van der Waals surface area (Å²) < 4.78 is 5.98. The van der Waals surface area contributed by atoms with Crippen LogP contribution in [0.15, 0.2) is 36.7 Å². The van der Waals surface area contributed by atoms with E-state index in [1.54, 1.807) is 25.1 Å². The quantitative estimate of drug-likeness (QED) is 0.807. The van der Waals surface area contributed by atoms with E-state index in [1.807, 2.05) is 19.1 Å². The summed E-state index contributed by atoms with van der Waals surface area (Å²) >= 11 is 0. The van der Waals surface area contributed by atoms with Crippen LogP contribution in [0.4, 0.5) is 5.82 Å². The number of ether oxygens (including phenoxy) is 1. The summed E-state index contributed by atoms with van der Waals surface area (Å²) in [5.74, 6) is 1.24. The van der Waals surface area contributed by atoms with Gasteiger partial charge < -0.3 is 20.1 Å². The molecule has 1 fully saturated rings. The summed E-state index contributed by atoms with van der Waals surface area (Å²) in [4.78, 5) is 23.0. The Morgan fingerprint density at radius 3 is 2.76 bits per heavy atom. The first-order valence-electron chi connectivity index (χ1n) is 10.1. The molecule has 1 saturated carbocycles. The molecule has 7 nitrogen and oxygen atoms in total. The van der Waals surface area contributed by atoms with Gasteiger partial charge in [0.15, 0.2) is 0 Å². The zero-order chi connectivity index (χ0) is 20.5. The summed E-state index contributed by atoms with van der Waals surface area (Å²) in [7, 11) is 3.58. The van der Waals surface area contributed by atoms with Crippen LogP contribution in [0.1, 0.15) is 36.9 Å². The zero-order valence-corrected chi connectivity index (χ0v) is 17.1. The molecule has 2 aromatic rings. The molecule has 0 unspecified atom stereocenters. The Morgan fingerprint density at radius 1 is 1.24 bits per heavy atom. The first kappa shape index (κ1) is 19.6.